The molecule has 0 bridgehead atoms. The van der Waals surface area contributed by atoms with E-state index >= 15 is 0 Å². The Balaban J connectivity index is 2.52. The molecule has 0 atom stereocenters. The minimum absolute atomic E-state index is 0.0225. The number of H-pyrrole nitrogens is 1. The van der Waals surface area contributed by atoms with E-state index in [-0.39, 0.29) is 15.8 Å². The summed E-state index contributed by atoms with van der Waals surface area (Å²) in [5, 5.41) is 0. The number of rotatable bonds is 2. The van der Waals surface area contributed by atoms with Crippen molar-refractivity contribution in [3.8, 4) is 11.5 Å². The Morgan fingerprint density at radius 2 is 1.45 bits per heavy atom. The average Bonchev–Trinajstić information content (AvgIpc) is 2.53. The van der Waals surface area contributed by atoms with Crippen LogP contribution in [0.15, 0.2) is 16.9 Å². The van der Waals surface area contributed by atoms with Crippen LogP contribution in [0.25, 0.3) is 11.0 Å². The Hall–Kier alpha value is -1.65. The lowest BCUT2D eigenvalue weighted by Gasteiger charge is -2.15. The number of imidazole rings is 1. The van der Waals surface area contributed by atoms with E-state index in [0.29, 0.717) is 12.1 Å². The molecule has 11 heteroatoms. The second-order valence-electron chi connectivity index (χ2n) is 3.44. The second kappa shape index (κ2) is 4.72. The number of nitrogens with one attached hydrogen (secondary N) is 1. The lowest BCUT2D eigenvalue weighted by molar-refractivity contribution is -0.287. The van der Waals surface area contributed by atoms with Crippen molar-refractivity contribution in [1.29, 1.82) is 0 Å². The highest BCUT2D eigenvalue weighted by Gasteiger charge is 2.37. The molecule has 2 rings (SSSR count). The summed E-state index contributed by atoms with van der Waals surface area (Å²) < 4.78 is 80.1. The van der Waals surface area contributed by atoms with Gasteiger partial charge in [0.05, 0.1) is 11.0 Å². The summed E-state index contributed by atoms with van der Waals surface area (Å²) >= 11 is 2.90. The molecule has 0 radical (unpaired) electrons. The molecular formula is C9H3BrF6N2O2. The van der Waals surface area contributed by atoms with Crippen LogP contribution in [0.5, 0.6) is 11.5 Å². The first-order valence-corrected chi connectivity index (χ1v) is 5.53. The van der Waals surface area contributed by atoms with Gasteiger partial charge in [0.15, 0.2) is 16.2 Å². The van der Waals surface area contributed by atoms with Gasteiger partial charge < -0.3 is 14.5 Å². The summed E-state index contributed by atoms with van der Waals surface area (Å²) in [6, 6.07) is 1.40. The third kappa shape index (κ3) is 3.68. The highest BCUT2D eigenvalue weighted by Crippen LogP contribution is 2.38. The number of nitrogens with zero attached hydrogens (tertiary/aromatic N) is 1. The van der Waals surface area contributed by atoms with Crippen molar-refractivity contribution < 1.29 is 35.8 Å². The summed E-state index contributed by atoms with van der Waals surface area (Å²) in [4.78, 5) is 6.21. The molecule has 20 heavy (non-hydrogen) atoms. The third-order valence-corrected chi connectivity index (χ3v) is 2.35. The van der Waals surface area contributed by atoms with E-state index in [9.17, 15) is 26.3 Å². The van der Waals surface area contributed by atoms with Crippen LogP contribution in [-0.4, -0.2) is 22.7 Å². The normalized spacial score (nSPS) is 12.8. The molecule has 4 nitrogen and oxygen atoms in total. The van der Waals surface area contributed by atoms with Crippen LogP contribution < -0.4 is 9.47 Å². The van der Waals surface area contributed by atoms with Gasteiger partial charge in [0.2, 0.25) is 0 Å². The van der Waals surface area contributed by atoms with Crippen molar-refractivity contribution in [2.45, 2.75) is 12.7 Å². The number of fused-ring (bicyclic) bond motifs is 1. The van der Waals surface area contributed by atoms with Crippen LogP contribution in [0.1, 0.15) is 0 Å². The van der Waals surface area contributed by atoms with Crippen molar-refractivity contribution in [1.82, 2.24) is 9.97 Å². The zero-order valence-corrected chi connectivity index (χ0v) is 10.7. The van der Waals surface area contributed by atoms with Gasteiger partial charge in [0, 0.05) is 12.1 Å². The van der Waals surface area contributed by atoms with E-state index in [1.54, 1.807) is 0 Å². The van der Waals surface area contributed by atoms with Crippen LogP contribution in [-0.2, 0) is 0 Å². The molecule has 0 spiro atoms. The summed E-state index contributed by atoms with van der Waals surface area (Å²) in [6.45, 7) is 0. The van der Waals surface area contributed by atoms with E-state index in [2.05, 4.69) is 35.4 Å². The molecule has 0 amide bonds. The van der Waals surface area contributed by atoms with Gasteiger partial charge in [-0.2, -0.15) is 0 Å². The van der Waals surface area contributed by atoms with Crippen LogP contribution >= 0.6 is 15.9 Å². The van der Waals surface area contributed by atoms with Crippen LogP contribution in [0.3, 0.4) is 0 Å². The first-order valence-electron chi connectivity index (χ1n) is 4.74. The number of ether oxygens (including phenoxy) is 2. The Morgan fingerprint density at radius 3 is 1.95 bits per heavy atom. The molecule has 2 aromatic rings. The molecule has 0 aliphatic heterocycles. The monoisotopic (exact) mass is 364 g/mol. The van der Waals surface area contributed by atoms with Crippen molar-refractivity contribution in [3.63, 3.8) is 0 Å². The maximum Gasteiger partial charge on any atom is 0.573 e. The van der Waals surface area contributed by atoms with Crippen molar-refractivity contribution in [2.75, 3.05) is 0 Å². The third-order valence-electron chi connectivity index (χ3n) is 1.97. The number of hydrogen-bond donors (Lipinski definition) is 1. The predicted molar refractivity (Wildman–Crippen MR) is 57.2 cm³/mol. The molecule has 1 N–H and O–H groups in total. The Bertz CT molecular complexity index is 583. The van der Waals surface area contributed by atoms with Crippen LogP contribution in [0.2, 0.25) is 0 Å². The summed E-state index contributed by atoms with van der Waals surface area (Å²) in [5.74, 6) is -2.26. The first kappa shape index (κ1) is 14.8. The Kier molecular flexibility index (Phi) is 3.48. The average molecular weight is 365 g/mol. The van der Waals surface area contributed by atoms with E-state index in [1.165, 1.54) is 0 Å². The number of alkyl halides is 6. The lowest BCUT2D eigenvalue weighted by atomic mass is 10.3. The molecule has 0 aliphatic carbocycles. The fraction of sp³-hybridized carbons (Fsp3) is 0.222. The molecule has 0 aliphatic rings. The zero-order valence-electron chi connectivity index (χ0n) is 9.06. The minimum Gasteiger partial charge on any atom is -0.402 e. The Labute approximate surface area is 114 Å². The van der Waals surface area contributed by atoms with Gasteiger partial charge in [0.25, 0.3) is 0 Å². The molecule has 1 aromatic heterocycles. The van der Waals surface area contributed by atoms with Crippen molar-refractivity contribution >= 4 is 27.0 Å². The minimum atomic E-state index is -5.16. The molecule has 110 valence electrons. The molecule has 0 saturated heterocycles. The first-order chi connectivity index (χ1) is 9.03. The Morgan fingerprint density at radius 1 is 0.950 bits per heavy atom. The SMILES string of the molecule is FC(F)(F)Oc1cc2nc(Br)[nH]c2cc1OC(F)(F)F. The highest BCUT2D eigenvalue weighted by atomic mass is 79.9. The summed E-state index contributed by atoms with van der Waals surface area (Å²) in [6.07, 6.45) is -10.3. The van der Waals surface area contributed by atoms with Gasteiger partial charge in [-0.25, -0.2) is 4.98 Å². The van der Waals surface area contributed by atoms with Gasteiger partial charge in [-0.3, -0.25) is 0 Å². The maximum absolute atomic E-state index is 12.2. The van der Waals surface area contributed by atoms with Crippen LogP contribution in [0.4, 0.5) is 26.3 Å². The van der Waals surface area contributed by atoms with E-state index in [0.717, 1.165) is 0 Å². The predicted octanol–water partition coefficient (Wildman–Crippen LogP) is 4.12. The van der Waals surface area contributed by atoms with E-state index < -0.39 is 24.2 Å². The number of aromatic nitrogens is 2. The van der Waals surface area contributed by atoms with Crippen molar-refractivity contribution in [3.05, 3.63) is 16.9 Å². The lowest BCUT2D eigenvalue weighted by Crippen LogP contribution is -2.21. The topological polar surface area (TPSA) is 47.1 Å². The summed E-state index contributed by atoms with van der Waals surface area (Å²) in [7, 11) is 0. The van der Waals surface area contributed by atoms with Gasteiger partial charge in [0.1, 0.15) is 0 Å². The van der Waals surface area contributed by atoms with Gasteiger partial charge in [-0.1, -0.05) is 0 Å². The highest BCUT2D eigenvalue weighted by molar-refractivity contribution is 9.10. The largest absolute Gasteiger partial charge is 0.573 e. The molecule has 0 fully saturated rings. The smallest absolute Gasteiger partial charge is 0.402 e. The number of aromatic amines is 1. The molecule has 1 aromatic carbocycles. The molecular weight excluding hydrogens is 362 g/mol. The van der Waals surface area contributed by atoms with E-state index in [4.69, 9.17) is 0 Å². The fourth-order valence-electron chi connectivity index (χ4n) is 1.40. The molecule has 0 unspecified atom stereocenters. The van der Waals surface area contributed by atoms with Crippen LogP contribution in [0, 0.1) is 0 Å². The van der Waals surface area contributed by atoms with Gasteiger partial charge in [-0.05, 0) is 15.9 Å². The number of hydrogen-bond acceptors (Lipinski definition) is 3. The number of benzene rings is 1. The van der Waals surface area contributed by atoms with Gasteiger partial charge >= 0.3 is 12.7 Å². The van der Waals surface area contributed by atoms with Gasteiger partial charge in [-0.15, -0.1) is 26.3 Å². The second-order valence-corrected chi connectivity index (χ2v) is 4.19. The maximum atomic E-state index is 12.2. The summed E-state index contributed by atoms with van der Waals surface area (Å²) in [5.41, 5.74) is 0.0244. The zero-order chi connectivity index (χ0) is 15.1. The van der Waals surface area contributed by atoms with Crippen molar-refractivity contribution in [2.24, 2.45) is 0 Å². The number of halogens is 7. The quantitative estimate of drug-likeness (QED) is 0.815. The molecule has 0 saturated carbocycles. The van der Waals surface area contributed by atoms with E-state index in [1.807, 2.05) is 0 Å². The fourth-order valence-corrected chi connectivity index (χ4v) is 1.80. The standard InChI is InChI=1S/C9H3BrF6N2O2/c10-7-17-3-1-5(19-8(11,12)13)6(2-4(3)18-7)20-9(14,15)16/h1-2H,(H,17,18). The molecule has 1 heterocycles.